The number of likely N-dealkylation sites (tertiary alicyclic amines) is 1. The fraction of sp³-hybridized carbons (Fsp3) is 0.333. The Kier molecular flexibility index (Phi) is 4.19. The third-order valence-electron chi connectivity index (χ3n) is 3.15. The van der Waals surface area contributed by atoms with Gasteiger partial charge in [0.05, 0.1) is 5.92 Å². The predicted molar refractivity (Wildman–Crippen MR) is 70.3 cm³/mol. The van der Waals surface area contributed by atoms with E-state index >= 15 is 0 Å². The van der Waals surface area contributed by atoms with E-state index in [1.165, 1.54) is 4.90 Å². The van der Waals surface area contributed by atoms with Gasteiger partial charge in [-0.25, -0.2) is 0 Å². The van der Waals surface area contributed by atoms with Gasteiger partial charge in [-0.3, -0.25) is 9.59 Å². The maximum absolute atomic E-state index is 11.9. The minimum Gasteiger partial charge on any atom is -0.481 e. The van der Waals surface area contributed by atoms with Crippen molar-refractivity contribution in [1.29, 1.82) is 0 Å². The molecule has 0 unspecified atom stereocenters. The minimum absolute atomic E-state index is 0.262. The van der Waals surface area contributed by atoms with E-state index in [1.807, 2.05) is 30.3 Å². The summed E-state index contributed by atoms with van der Waals surface area (Å²) in [5.74, 6) is 3.77. The third-order valence-corrected chi connectivity index (χ3v) is 3.15. The van der Waals surface area contributed by atoms with Crippen LogP contribution in [0.1, 0.15) is 18.4 Å². The molecular formula is C15H15NO3. The van der Waals surface area contributed by atoms with E-state index in [2.05, 4.69) is 11.8 Å². The highest BCUT2D eigenvalue weighted by Gasteiger charge is 2.27. The molecule has 1 fully saturated rings. The first-order chi connectivity index (χ1) is 9.16. The molecule has 1 amide bonds. The highest BCUT2D eigenvalue weighted by atomic mass is 16.4. The van der Waals surface area contributed by atoms with E-state index in [9.17, 15) is 9.59 Å². The Labute approximate surface area is 112 Å². The van der Waals surface area contributed by atoms with E-state index in [-0.39, 0.29) is 12.5 Å². The number of rotatable bonds is 1. The molecule has 0 aromatic heterocycles. The number of benzene rings is 1. The largest absolute Gasteiger partial charge is 0.481 e. The van der Waals surface area contributed by atoms with Crippen molar-refractivity contribution in [2.24, 2.45) is 5.92 Å². The number of nitrogens with zero attached hydrogens (tertiary/aromatic N) is 1. The fourth-order valence-electron chi connectivity index (χ4n) is 2.09. The molecule has 4 heteroatoms. The van der Waals surface area contributed by atoms with E-state index in [4.69, 9.17) is 5.11 Å². The number of piperidine rings is 1. The third kappa shape index (κ3) is 3.59. The van der Waals surface area contributed by atoms with Gasteiger partial charge in [0, 0.05) is 24.6 Å². The van der Waals surface area contributed by atoms with Gasteiger partial charge in [-0.2, -0.15) is 0 Å². The van der Waals surface area contributed by atoms with Gasteiger partial charge in [-0.05, 0) is 25.0 Å². The molecule has 2 rings (SSSR count). The number of amides is 1. The molecule has 1 atom stereocenters. The summed E-state index contributed by atoms with van der Waals surface area (Å²) in [6, 6.07) is 9.26. The predicted octanol–water partition coefficient (Wildman–Crippen LogP) is 1.36. The zero-order chi connectivity index (χ0) is 13.7. The second-order valence-corrected chi connectivity index (χ2v) is 4.54. The van der Waals surface area contributed by atoms with Crippen LogP contribution >= 0.6 is 0 Å². The number of carboxylic acid groups (broad SMARTS) is 1. The Balaban J connectivity index is 2.00. The molecule has 1 aromatic carbocycles. The Hall–Kier alpha value is -2.28. The van der Waals surface area contributed by atoms with Crippen LogP contribution in [-0.4, -0.2) is 35.0 Å². The van der Waals surface area contributed by atoms with Crippen LogP contribution in [0.5, 0.6) is 0 Å². The first-order valence-electron chi connectivity index (χ1n) is 6.25. The van der Waals surface area contributed by atoms with Crippen LogP contribution in [-0.2, 0) is 9.59 Å². The van der Waals surface area contributed by atoms with Gasteiger partial charge in [0.15, 0.2) is 0 Å². The number of carbonyl (C=O) groups is 2. The highest BCUT2D eigenvalue weighted by molar-refractivity contribution is 5.94. The van der Waals surface area contributed by atoms with Crippen molar-refractivity contribution in [2.75, 3.05) is 13.1 Å². The second kappa shape index (κ2) is 6.05. The molecule has 1 aromatic rings. The average Bonchev–Trinajstić information content (AvgIpc) is 2.46. The molecular weight excluding hydrogens is 242 g/mol. The minimum atomic E-state index is -0.839. The molecule has 98 valence electrons. The van der Waals surface area contributed by atoms with Gasteiger partial charge in [0.1, 0.15) is 0 Å². The Morgan fingerprint density at radius 2 is 2.00 bits per heavy atom. The van der Waals surface area contributed by atoms with Crippen molar-refractivity contribution in [2.45, 2.75) is 12.8 Å². The molecule has 1 aliphatic rings. The van der Waals surface area contributed by atoms with Crippen molar-refractivity contribution in [3.05, 3.63) is 35.9 Å². The van der Waals surface area contributed by atoms with Gasteiger partial charge in [-0.1, -0.05) is 24.1 Å². The highest BCUT2D eigenvalue weighted by Crippen LogP contribution is 2.16. The topological polar surface area (TPSA) is 57.6 Å². The van der Waals surface area contributed by atoms with Gasteiger partial charge in [0.25, 0.3) is 5.91 Å². The van der Waals surface area contributed by atoms with E-state index in [1.54, 1.807) is 0 Å². The molecule has 0 spiro atoms. The van der Waals surface area contributed by atoms with Crippen LogP contribution < -0.4 is 0 Å². The van der Waals surface area contributed by atoms with Gasteiger partial charge >= 0.3 is 5.97 Å². The molecule has 1 aliphatic heterocycles. The van der Waals surface area contributed by atoms with Crippen LogP contribution in [0, 0.1) is 17.8 Å². The second-order valence-electron chi connectivity index (χ2n) is 4.54. The number of hydrogen-bond donors (Lipinski definition) is 1. The molecule has 0 bridgehead atoms. The molecule has 0 aliphatic carbocycles. The summed E-state index contributed by atoms with van der Waals surface area (Å²) in [6.45, 7) is 0.851. The first kappa shape index (κ1) is 13.2. The zero-order valence-electron chi connectivity index (χ0n) is 10.5. The quantitative estimate of drug-likeness (QED) is 0.773. The Morgan fingerprint density at radius 1 is 1.26 bits per heavy atom. The molecule has 4 nitrogen and oxygen atoms in total. The van der Waals surface area contributed by atoms with Crippen LogP contribution in [0.2, 0.25) is 0 Å². The smallest absolute Gasteiger partial charge is 0.308 e. The maximum atomic E-state index is 11.9. The van der Waals surface area contributed by atoms with E-state index in [0.29, 0.717) is 13.0 Å². The number of aliphatic carboxylic acids is 1. The molecule has 0 radical (unpaired) electrons. The summed E-state index contributed by atoms with van der Waals surface area (Å²) in [6.07, 6.45) is 1.35. The van der Waals surface area contributed by atoms with Crippen molar-refractivity contribution >= 4 is 11.9 Å². The van der Waals surface area contributed by atoms with Crippen LogP contribution in [0.15, 0.2) is 30.3 Å². The summed E-state index contributed by atoms with van der Waals surface area (Å²) in [5.41, 5.74) is 0.780. The molecule has 1 heterocycles. The van der Waals surface area contributed by atoms with Crippen LogP contribution in [0.4, 0.5) is 0 Å². The summed E-state index contributed by atoms with van der Waals surface area (Å²) < 4.78 is 0. The molecule has 1 N–H and O–H groups in total. The van der Waals surface area contributed by atoms with Gasteiger partial charge in [-0.15, -0.1) is 0 Å². The van der Waals surface area contributed by atoms with Gasteiger partial charge < -0.3 is 10.0 Å². The van der Waals surface area contributed by atoms with E-state index < -0.39 is 11.9 Å². The normalized spacial score (nSPS) is 18.3. The standard InChI is InChI=1S/C15H15NO3/c17-14(9-8-12-5-2-1-3-6-12)16-10-4-7-13(11-16)15(18)19/h1-3,5-6,13H,4,7,10-11H2,(H,18,19)/t13-/m0/s1. The van der Waals surface area contributed by atoms with Crippen LogP contribution in [0.3, 0.4) is 0 Å². The SMILES string of the molecule is O=C(O)[C@H]1CCCN(C(=O)C#Cc2ccccc2)C1. The average molecular weight is 257 g/mol. The molecule has 0 saturated carbocycles. The summed E-state index contributed by atoms with van der Waals surface area (Å²) >= 11 is 0. The first-order valence-corrected chi connectivity index (χ1v) is 6.25. The number of carboxylic acids is 1. The maximum Gasteiger partial charge on any atom is 0.308 e. The van der Waals surface area contributed by atoms with Gasteiger partial charge in [0.2, 0.25) is 0 Å². The van der Waals surface area contributed by atoms with Crippen molar-refractivity contribution in [3.63, 3.8) is 0 Å². The van der Waals surface area contributed by atoms with Crippen molar-refractivity contribution < 1.29 is 14.7 Å². The summed E-state index contributed by atoms with van der Waals surface area (Å²) in [7, 11) is 0. The number of hydrogen-bond acceptors (Lipinski definition) is 2. The number of carbonyl (C=O) groups excluding carboxylic acids is 1. The Morgan fingerprint density at radius 3 is 2.68 bits per heavy atom. The monoisotopic (exact) mass is 257 g/mol. The lowest BCUT2D eigenvalue weighted by Crippen LogP contribution is -2.41. The van der Waals surface area contributed by atoms with Crippen molar-refractivity contribution in [1.82, 2.24) is 4.90 Å². The molecule has 19 heavy (non-hydrogen) atoms. The zero-order valence-corrected chi connectivity index (χ0v) is 10.5. The summed E-state index contributed by atoms with van der Waals surface area (Å²) in [5, 5.41) is 8.97. The Bertz CT molecular complexity index is 527. The van der Waals surface area contributed by atoms with E-state index in [0.717, 1.165) is 12.0 Å². The fourth-order valence-corrected chi connectivity index (χ4v) is 2.09. The summed E-state index contributed by atoms with van der Waals surface area (Å²) in [4.78, 5) is 24.4. The lowest BCUT2D eigenvalue weighted by Gasteiger charge is -2.28. The van der Waals surface area contributed by atoms with Crippen LogP contribution in [0.25, 0.3) is 0 Å². The lowest BCUT2D eigenvalue weighted by molar-refractivity contribution is -0.144. The molecule has 1 saturated heterocycles. The lowest BCUT2D eigenvalue weighted by atomic mass is 9.98. The van der Waals surface area contributed by atoms with Crippen molar-refractivity contribution in [3.8, 4) is 11.8 Å².